The highest BCUT2D eigenvalue weighted by atomic mass is 32.2. The lowest BCUT2D eigenvalue weighted by molar-refractivity contribution is 0.202. The Kier molecular flexibility index (Phi) is 7.05. The minimum atomic E-state index is -0.454. The van der Waals surface area contributed by atoms with E-state index in [2.05, 4.69) is 18.8 Å². The Labute approximate surface area is 108 Å². The molecule has 1 aromatic rings. The molecule has 1 aromatic heterocycles. The van der Waals surface area contributed by atoms with E-state index >= 15 is 0 Å². The summed E-state index contributed by atoms with van der Waals surface area (Å²) in [6, 6.07) is 1.87. The summed E-state index contributed by atoms with van der Waals surface area (Å²) in [7, 11) is 0. The molecule has 0 bridgehead atoms. The third-order valence-corrected chi connectivity index (χ3v) is 3.46. The van der Waals surface area contributed by atoms with Crippen molar-refractivity contribution in [3.63, 3.8) is 0 Å². The number of hydrogen-bond acceptors (Lipinski definition) is 4. The van der Waals surface area contributed by atoms with E-state index in [-0.39, 0.29) is 0 Å². The van der Waals surface area contributed by atoms with Crippen LogP contribution in [0.2, 0.25) is 0 Å². The van der Waals surface area contributed by atoms with Crippen LogP contribution in [0.5, 0.6) is 5.75 Å². The molecule has 17 heavy (non-hydrogen) atoms. The molecule has 0 aromatic carbocycles. The highest BCUT2D eigenvalue weighted by Gasteiger charge is 2.09. The van der Waals surface area contributed by atoms with Gasteiger partial charge in [-0.2, -0.15) is 11.8 Å². The average Bonchev–Trinajstić information content (AvgIpc) is 2.37. The first-order valence-electron chi connectivity index (χ1n) is 6.11. The van der Waals surface area contributed by atoms with Gasteiger partial charge in [0.15, 0.2) is 0 Å². The Hall–Kier alpha value is -0.740. The smallest absolute Gasteiger partial charge is 0.137 e. The van der Waals surface area contributed by atoms with Crippen molar-refractivity contribution in [1.82, 2.24) is 4.98 Å². The van der Waals surface area contributed by atoms with Crippen molar-refractivity contribution >= 4 is 11.8 Å². The lowest BCUT2D eigenvalue weighted by Gasteiger charge is -2.11. The van der Waals surface area contributed by atoms with Crippen molar-refractivity contribution in [1.29, 1.82) is 0 Å². The summed E-state index contributed by atoms with van der Waals surface area (Å²) in [5.74, 6) is 2.53. The van der Waals surface area contributed by atoms with Crippen molar-refractivity contribution in [3.05, 3.63) is 24.0 Å². The van der Waals surface area contributed by atoms with Gasteiger partial charge in [0.05, 0.1) is 18.9 Å². The molecule has 0 aliphatic heterocycles. The van der Waals surface area contributed by atoms with E-state index in [1.54, 1.807) is 24.2 Å². The van der Waals surface area contributed by atoms with E-state index in [4.69, 9.17) is 4.74 Å². The van der Waals surface area contributed by atoms with Crippen molar-refractivity contribution < 1.29 is 9.84 Å². The van der Waals surface area contributed by atoms with Gasteiger partial charge in [0.25, 0.3) is 0 Å². The van der Waals surface area contributed by atoms with Crippen LogP contribution in [0.15, 0.2) is 18.5 Å². The fourth-order valence-electron chi connectivity index (χ4n) is 1.35. The molecule has 1 N–H and O–H groups in total. The molecule has 96 valence electrons. The summed E-state index contributed by atoms with van der Waals surface area (Å²) in [5.41, 5.74) is 0.835. The zero-order valence-corrected chi connectivity index (χ0v) is 11.4. The number of thioether (sulfide) groups is 1. The third-order valence-electron chi connectivity index (χ3n) is 2.22. The van der Waals surface area contributed by atoms with E-state index in [1.165, 1.54) is 0 Å². The van der Waals surface area contributed by atoms with Crippen LogP contribution < -0.4 is 4.74 Å². The standard InChI is InChI=1S/C13H21NO2S/c1-3-5-16-12-7-11(8-14-9-12)13(15)10-17-6-4-2/h7-9,13,15H,3-6,10H2,1-2H3. The topological polar surface area (TPSA) is 42.4 Å². The maximum atomic E-state index is 9.98. The first kappa shape index (κ1) is 14.3. The normalized spacial score (nSPS) is 12.4. The lowest BCUT2D eigenvalue weighted by atomic mass is 10.2. The summed E-state index contributed by atoms with van der Waals surface area (Å²) in [5, 5.41) is 9.98. The number of hydrogen-bond donors (Lipinski definition) is 1. The molecule has 1 atom stereocenters. The average molecular weight is 255 g/mol. The van der Waals surface area contributed by atoms with Gasteiger partial charge in [-0.15, -0.1) is 0 Å². The second-order valence-electron chi connectivity index (χ2n) is 3.89. The SMILES string of the molecule is CCCOc1cncc(C(O)CSCCC)c1. The predicted molar refractivity (Wildman–Crippen MR) is 72.6 cm³/mol. The molecule has 0 saturated heterocycles. The van der Waals surface area contributed by atoms with Gasteiger partial charge in [-0.1, -0.05) is 13.8 Å². The Morgan fingerprint density at radius 2 is 2.18 bits per heavy atom. The highest BCUT2D eigenvalue weighted by Crippen LogP contribution is 2.21. The molecule has 0 amide bonds. The second-order valence-corrected chi connectivity index (χ2v) is 5.04. The van der Waals surface area contributed by atoms with Gasteiger partial charge >= 0.3 is 0 Å². The van der Waals surface area contributed by atoms with Crippen LogP contribution in [0.4, 0.5) is 0 Å². The maximum absolute atomic E-state index is 9.98. The fourth-order valence-corrected chi connectivity index (χ4v) is 2.22. The predicted octanol–water partition coefficient (Wildman–Crippen LogP) is 3.05. The zero-order valence-electron chi connectivity index (χ0n) is 10.6. The number of ether oxygens (including phenoxy) is 1. The van der Waals surface area contributed by atoms with Crippen molar-refractivity contribution in [2.24, 2.45) is 0 Å². The van der Waals surface area contributed by atoms with Crippen LogP contribution in [0.3, 0.4) is 0 Å². The molecule has 0 spiro atoms. The minimum absolute atomic E-state index is 0.454. The molecule has 0 aliphatic rings. The van der Waals surface area contributed by atoms with Crippen LogP contribution in [-0.4, -0.2) is 28.2 Å². The number of aromatic nitrogens is 1. The third kappa shape index (κ3) is 5.41. The number of aliphatic hydroxyl groups is 1. The zero-order chi connectivity index (χ0) is 12.5. The molecule has 0 saturated carbocycles. The first-order valence-corrected chi connectivity index (χ1v) is 7.27. The molecule has 1 heterocycles. The van der Waals surface area contributed by atoms with Gasteiger partial charge in [0.2, 0.25) is 0 Å². The van der Waals surface area contributed by atoms with Gasteiger partial charge in [-0.25, -0.2) is 0 Å². The maximum Gasteiger partial charge on any atom is 0.137 e. The molecule has 0 fully saturated rings. The molecule has 4 heteroatoms. The van der Waals surface area contributed by atoms with Crippen LogP contribution in [-0.2, 0) is 0 Å². The molecule has 3 nitrogen and oxygen atoms in total. The van der Waals surface area contributed by atoms with Crippen LogP contribution in [0.25, 0.3) is 0 Å². The second kappa shape index (κ2) is 8.37. The van der Waals surface area contributed by atoms with Crippen molar-refractivity contribution in [3.8, 4) is 5.75 Å². The number of rotatable bonds is 8. The van der Waals surface area contributed by atoms with Crippen LogP contribution in [0.1, 0.15) is 38.4 Å². The molecular weight excluding hydrogens is 234 g/mol. The van der Waals surface area contributed by atoms with Crippen molar-refractivity contribution in [2.45, 2.75) is 32.8 Å². The van der Waals surface area contributed by atoms with E-state index in [9.17, 15) is 5.11 Å². The number of pyridine rings is 1. The lowest BCUT2D eigenvalue weighted by Crippen LogP contribution is -2.03. The molecule has 0 radical (unpaired) electrons. The van der Waals surface area contributed by atoms with Gasteiger partial charge < -0.3 is 9.84 Å². The summed E-state index contributed by atoms with van der Waals surface area (Å²) in [6.45, 7) is 4.89. The van der Waals surface area contributed by atoms with Gasteiger partial charge in [0.1, 0.15) is 5.75 Å². The Morgan fingerprint density at radius 1 is 1.35 bits per heavy atom. The van der Waals surface area contributed by atoms with E-state index in [1.807, 2.05) is 6.07 Å². The minimum Gasteiger partial charge on any atom is -0.492 e. The summed E-state index contributed by atoms with van der Waals surface area (Å²) in [6.07, 6.45) is 5.04. The van der Waals surface area contributed by atoms with Crippen LogP contribution >= 0.6 is 11.8 Å². The van der Waals surface area contributed by atoms with Crippen LogP contribution in [0, 0.1) is 0 Å². The Balaban J connectivity index is 2.51. The highest BCUT2D eigenvalue weighted by molar-refractivity contribution is 7.99. The summed E-state index contributed by atoms with van der Waals surface area (Å²) in [4.78, 5) is 4.09. The van der Waals surface area contributed by atoms with Gasteiger partial charge in [0, 0.05) is 17.5 Å². The number of aliphatic hydroxyl groups excluding tert-OH is 1. The van der Waals surface area contributed by atoms with Gasteiger partial charge in [-0.05, 0) is 24.7 Å². The quantitative estimate of drug-likeness (QED) is 0.725. The molecule has 1 unspecified atom stereocenters. The summed E-state index contributed by atoms with van der Waals surface area (Å²) < 4.78 is 5.49. The monoisotopic (exact) mass is 255 g/mol. The number of nitrogens with zero attached hydrogens (tertiary/aromatic N) is 1. The molecular formula is C13H21NO2S. The molecule has 1 rings (SSSR count). The van der Waals surface area contributed by atoms with E-state index < -0.39 is 6.10 Å². The summed E-state index contributed by atoms with van der Waals surface area (Å²) >= 11 is 1.76. The molecule has 0 aliphatic carbocycles. The first-order chi connectivity index (χ1) is 8.27. The van der Waals surface area contributed by atoms with Gasteiger partial charge in [-0.3, -0.25) is 4.98 Å². The largest absolute Gasteiger partial charge is 0.492 e. The van der Waals surface area contributed by atoms with Crippen molar-refractivity contribution in [2.75, 3.05) is 18.1 Å². The Morgan fingerprint density at radius 3 is 2.88 bits per heavy atom. The van der Waals surface area contributed by atoms with E-state index in [0.717, 1.165) is 29.9 Å². The fraction of sp³-hybridized carbons (Fsp3) is 0.615. The van der Waals surface area contributed by atoms with E-state index in [0.29, 0.717) is 12.4 Å². The Bertz CT molecular complexity index is 320.